The number of anilines is 2. The molecule has 2 aromatic heterocycles. The lowest BCUT2D eigenvalue weighted by atomic mass is 10.1. The number of rotatable bonds is 7. The van der Waals surface area contributed by atoms with E-state index in [1.165, 1.54) is 6.08 Å². The number of fused-ring (bicyclic) bond motifs is 1. The van der Waals surface area contributed by atoms with E-state index in [0.717, 1.165) is 5.56 Å². The Morgan fingerprint density at radius 2 is 2.07 bits per heavy atom. The van der Waals surface area contributed by atoms with Crippen LogP contribution < -0.4 is 10.1 Å². The average molecular weight is 407 g/mol. The number of pyridine rings is 1. The highest BCUT2D eigenvalue weighted by atomic mass is 16.5. The van der Waals surface area contributed by atoms with Gasteiger partial charge in [0.25, 0.3) is 0 Å². The first-order valence-electron chi connectivity index (χ1n) is 8.98. The number of aliphatic hydroxyl groups is 1. The molecule has 1 aromatic carbocycles. The van der Waals surface area contributed by atoms with Crippen LogP contribution in [0.15, 0.2) is 52.0 Å². The van der Waals surface area contributed by atoms with E-state index < -0.39 is 17.3 Å². The van der Waals surface area contributed by atoms with Gasteiger partial charge in [-0.05, 0) is 30.3 Å². The third-order valence-corrected chi connectivity index (χ3v) is 4.32. The molecular weight excluding hydrogens is 390 g/mol. The van der Waals surface area contributed by atoms with Crippen LogP contribution in [0.2, 0.25) is 0 Å². The minimum absolute atomic E-state index is 0.0400. The molecule has 30 heavy (non-hydrogen) atoms. The molecule has 0 unspecified atom stereocenters. The predicted octanol–water partition coefficient (Wildman–Crippen LogP) is 3.45. The van der Waals surface area contributed by atoms with Gasteiger partial charge in [0.2, 0.25) is 5.88 Å². The number of furan rings is 1. The number of nitrogens with one attached hydrogen (secondary N) is 1. The smallest absolute Gasteiger partial charge is 0.345 e. The zero-order valence-electron chi connectivity index (χ0n) is 15.6. The fourth-order valence-electron chi connectivity index (χ4n) is 2.98. The lowest BCUT2D eigenvalue weighted by Crippen LogP contribution is -2.05. The largest absolute Gasteiger partial charge is 0.504 e. The summed E-state index contributed by atoms with van der Waals surface area (Å²) >= 11 is 0. The van der Waals surface area contributed by atoms with Crippen LogP contribution in [-0.4, -0.2) is 45.7 Å². The van der Waals surface area contributed by atoms with Gasteiger partial charge < -0.3 is 29.8 Å². The number of carbonyl (C=O) groups is 1. The van der Waals surface area contributed by atoms with Gasteiger partial charge in [0.05, 0.1) is 12.3 Å². The summed E-state index contributed by atoms with van der Waals surface area (Å²) in [6, 6.07) is 10.3. The number of hydrogen-bond acceptors (Lipinski definition) is 8. The molecule has 1 aliphatic rings. The van der Waals surface area contributed by atoms with Crippen molar-refractivity contribution in [1.82, 2.24) is 4.98 Å². The van der Waals surface area contributed by atoms with E-state index in [4.69, 9.17) is 14.3 Å². The molecule has 0 saturated carbocycles. The van der Waals surface area contributed by atoms with Gasteiger partial charge in [-0.2, -0.15) is 0 Å². The van der Waals surface area contributed by atoms with Crippen molar-refractivity contribution in [3.8, 4) is 11.5 Å². The second-order valence-corrected chi connectivity index (χ2v) is 6.25. The van der Waals surface area contributed by atoms with Crippen LogP contribution in [0.3, 0.4) is 0 Å². The van der Waals surface area contributed by atoms with Crippen molar-refractivity contribution >= 4 is 41.2 Å². The summed E-state index contributed by atoms with van der Waals surface area (Å²) in [7, 11) is 0. The molecule has 0 saturated heterocycles. The molecule has 0 radical (unpaired) electrons. The third-order valence-electron chi connectivity index (χ3n) is 4.32. The maximum absolute atomic E-state index is 11.8. The number of aliphatic imine (C=N–C) groups is 1. The maximum atomic E-state index is 11.8. The van der Waals surface area contributed by atoms with E-state index >= 15 is 0 Å². The van der Waals surface area contributed by atoms with E-state index in [2.05, 4.69) is 15.3 Å². The SMILES string of the molecule is O=C(O)c1c(Nc2ccccc2OCCO)oc(C=C2C=Nc3ncccc32)c1O. The Kier molecular flexibility index (Phi) is 5.19. The number of ether oxygens (including phenoxy) is 1. The molecule has 0 aliphatic carbocycles. The van der Waals surface area contributed by atoms with Crippen LogP contribution in [0.1, 0.15) is 21.7 Å². The van der Waals surface area contributed by atoms with Gasteiger partial charge in [0.15, 0.2) is 22.9 Å². The van der Waals surface area contributed by atoms with E-state index in [-0.39, 0.29) is 24.9 Å². The minimum atomic E-state index is -1.36. The van der Waals surface area contributed by atoms with Crippen LogP contribution in [0, 0.1) is 0 Å². The summed E-state index contributed by atoms with van der Waals surface area (Å²) in [5.41, 5.74) is 1.36. The van der Waals surface area contributed by atoms with Gasteiger partial charge in [-0.25, -0.2) is 14.8 Å². The maximum Gasteiger partial charge on any atom is 0.345 e. The van der Waals surface area contributed by atoms with Crippen molar-refractivity contribution in [2.24, 2.45) is 4.99 Å². The number of aromatic carboxylic acids is 1. The van der Waals surface area contributed by atoms with Gasteiger partial charge >= 0.3 is 5.97 Å². The van der Waals surface area contributed by atoms with Crippen LogP contribution in [0.25, 0.3) is 11.6 Å². The summed E-state index contributed by atoms with van der Waals surface area (Å²) in [6.07, 6.45) is 4.67. The number of aromatic hydroxyl groups is 1. The molecule has 1 aliphatic heterocycles. The van der Waals surface area contributed by atoms with Crippen LogP contribution >= 0.6 is 0 Å². The summed E-state index contributed by atoms with van der Waals surface area (Å²) < 4.78 is 11.1. The van der Waals surface area contributed by atoms with Crippen molar-refractivity contribution in [2.75, 3.05) is 18.5 Å². The second-order valence-electron chi connectivity index (χ2n) is 6.25. The highest BCUT2D eigenvalue weighted by Gasteiger charge is 2.26. The van der Waals surface area contributed by atoms with Crippen molar-refractivity contribution in [3.63, 3.8) is 0 Å². The lowest BCUT2D eigenvalue weighted by Gasteiger charge is -2.11. The summed E-state index contributed by atoms with van der Waals surface area (Å²) in [5.74, 6) is -1.16. The van der Waals surface area contributed by atoms with E-state index in [9.17, 15) is 15.0 Å². The van der Waals surface area contributed by atoms with Crippen molar-refractivity contribution in [1.29, 1.82) is 0 Å². The first kappa shape index (κ1) is 19.2. The summed E-state index contributed by atoms with van der Waals surface area (Å²) in [4.78, 5) is 20.1. The first-order chi connectivity index (χ1) is 14.6. The van der Waals surface area contributed by atoms with Gasteiger partial charge in [0.1, 0.15) is 12.4 Å². The number of hydrogen-bond donors (Lipinski definition) is 4. The average Bonchev–Trinajstić information content (AvgIpc) is 3.28. The highest BCUT2D eigenvalue weighted by Crippen LogP contribution is 2.40. The lowest BCUT2D eigenvalue weighted by molar-refractivity contribution is 0.0695. The monoisotopic (exact) mass is 407 g/mol. The van der Waals surface area contributed by atoms with E-state index in [0.29, 0.717) is 22.8 Å². The number of aromatic nitrogens is 1. The number of benzene rings is 1. The predicted molar refractivity (Wildman–Crippen MR) is 110 cm³/mol. The number of para-hydroxylation sites is 2. The zero-order valence-corrected chi connectivity index (χ0v) is 15.6. The molecule has 0 fully saturated rings. The second kappa shape index (κ2) is 8.10. The summed E-state index contributed by atoms with van der Waals surface area (Å²) in [5, 5.41) is 31.9. The number of nitrogens with zero attached hydrogens (tertiary/aromatic N) is 2. The van der Waals surface area contributed by atoms with Crippen molar-refractivity contribution in [3.05, 3.63) is 59.5 Å². The van der Waals surface area contributed by atoms with Crippen molar-refractivity contribution < 1.29 is 29.3 Å². The van der Waals surface area contributed by atoms with E-state index in [1.54, 1.807) is 42.7 Å². The Balaban J connectivity index is 1.72. The number of aliphatic hydroxyl groups excluding tert-OH is 1. The third kappa shape index (κ3) is 3.61. The Hall–Kier alpha value is -4.11. The van der Waals surface area contributed by atoms with Crippen molar-refractivity contribution in [2.45, 2.75) is 0 Å². The molecule has 3 aromatic rings. The Morgan fingerprint density at radius 3 is 2.87 bits per heavy atom. The van der Waals surface area contributed by atoms with Crippen LogP contribution in [0.4, 0.5) is 17.4 Å². The Morgan fingerprint density at radius 1 is 1.23 bits per heavy atom. The van der Waals surface area contributed by atoms with Gasteiger partial charge in [-0.3, -0.25) is 0 Å². The van der Waals surface area contributed by atoms with Crippen LogP contribution in [0.5, 0.6) is 11.5 Å². The van der Waals surface area contributed by atoms with Gasteiger partial charge in [-0.15, -0.1) is 0 Å². The molecular formula is C21H17N3O6. The fraction of sp³-hybridized carbons (Fsp3) is 0.0952. The summed E-state index contributed by atoms with van der Waals surface area (Å²) in [6.45, 7) is -0.107. The first-order valence-corrected chi connectivity index (χ1v) is 8.98. The molecule has 0 amide bonds. The minimum Gasteiger partial charge on any atom is -0.504 e. The Labute approximate surface area is 170 Å². The van der Waals surface area contributed by atoms with Crippen LogP contribution in [-0.2, 0) is 0 Å². The molecule has 4 N–H and O–H groups in total. The normalized spacial score (nSPS) is 13.4. The fourth-order valence-corrected chi connectivity index (χ4v) is 2.98. The molecule has 9 heteroatoms. The number of carboxylic acids is 1. The van der Waals surface area contributed by atoms with E-state index in [1.807, 2.05) is 6.07 Å². The highest BCUT2D eigenvalue weighted by molar-refractivity contribution is 6.21. The molecule has 0 bridgehead atoms. The number of carboxylic acid groups (broad SMARTS) is 1. The zero-order chi connectivity index (χ0) is 21.1. The molecule has 152 valence electrons. The molecule has 3 heterocycles. The van der Waals surface area contributed by atoms with Gasteiger partial charge in [0, 0.05) is 23.5 Å². The van der Waals surface area contributed by atoms with Gasteiger partial charge in [-0.1, -0.05) is 12.1 Å². The number of allylic oxidation sites excluding steroid dienone is 1. The molecule has 9 nitrogen and oxygen atoms in total. The quantitative estimate of drug-likeness (QED) is 0.467. The molecule has 0 atom stereocenters. The molecule has 4 rings (SSSR count). The molecule has 0 spiro atoms. The Bertz CT molecular complexity index is 1170. The topological polar surface area (TPSA) is 137 Å². The standard InChI is InChI=1S/C21H17N3O6/c25-8-9-29-15-6-2-1-5-14(15)24-20-17(21(27)28)18(26)16(30-20)10-12-11-23-19-13(12)4-3-7-22-19/h1-7,10-11,24-26H,8-9H2,(H,27,28).